The molecule has 0 radical (unpaired) electrons. The molecule has 1 aromatic heterocycles. The molecule has 0 spiro atoms. The van der Waals surface area contributed by atoms with Crippen LogP contribution in [0.4, 0.5) is 0 Å². The Morgan fingerprint density at radius 1 is 1.30 bits per heavy atom. The first-order valence-electron chi connectivity index (χ1n) is 8.88. The molecule has 0 saturated carbocycles. The maximum Gasteiger partial charge on any atom is 0.191 e. The van der Waals surface area contributed by atoms with Crippen molar-refractivity contribution in [1.82, 2.24) is 15.6 Å². The molecule has 0 atom stereocenters. The second-order valence-electron chi connectivity index (χ2n) is 5.88. The van der Waals surface area contributed by atoms with Crippen LogP contribution in [0.5, 0.6) is 5.75 Å². The highest BCUT2D eigenvalue weighted by Crippen LogP contribution is 2.22. The molecule has 0 aliphatic heterocycles. The van der Waals surface area contributed by atoms with Gasteiger partial charge in [0.15, 0.2) is 5.96 Å². The average molecular weight is 523 g/mol. The smallest absolute Gasteiger partial charge is 0.191 e. The van der Waals surface area contributed by atoms with Crippen molar-refractivity contribution >= 4 is 52.9 Å². The fourth-order valence-electron chi connectivity index (χ4n) is 2.45. The number of rotatable bonds is 9. The summed E-state index contributed by atoms with van der Waals surface area (Å²) in [5.74, 6) is 1.62. The average Bonchev–Trinajstić information content (AvgIpc) is 3.05. The minimum Gasteiger partial charge on any atom is -0.497 e. The number of aryl methyl sites for hydroxylation is 2. The number of ether oxygens (including phenoxy) is 1. The van der Waals surface area contributed by atoms with Crippen molar-refractivity contribution in [3.63, 3.8) is 0 Å². The maximum atomic E-state index is 6.29. The first-order chi connectivity index (χ1) is 12.6. The molecule has 5 nitrogen and oxygen atoms in total. The molecule has 8 heteroatoms. The van der Waals surface area contributed by atoms with E-state index in [1.165, 1.54) is 5.01 Å². The van der Waals surface area contributed by atoms with E-state index in [-0.39, 0.29) is 24.0 Å². The summed E-state index contributed by atoms with van der Waals surface area (Å²) in [4.78, 5) is 9.12. The van der Waals surface area contributed by atoms with Gasteiger partial charge >= 0.3 is 0 Å². The Morgan fingerprint density at radius 3 is 2.74 bits per heavy atom. The lowest BCUT2D eigenvalue weighted by Gasteiger charge is -2.12. The number of benzene rings is 1. The normalized spacial score (nSPS) is 11.0. The summed E-state index contributed by atoms with van der Waals surface area (Å²) in [6, 6.07) is 5.78. The second kappa shape index (κ2) is 13.2. The van der Waals surface area contributed by atoms with E-state index in [2.05, 4.69) is 32.9 Å². The Hall–Kier alpha value is -1.06. The number of guanidine groups is 1. The Bertz CT molecular complexity index is 723. The molecule has 0 aliphatic rings. The van der Waals surface area contributed by atoms with Crippen molar-refractivity contribution in [3.8, 4) is 5.75 Å². The van der Waals surface area contributed by atoms with Crippen LogP contribution in [0.3, 0.4) is 0 Å². The van der Waals surface area contributed by atoms with Gasteiger partial charge in [0, 0.05) is 42.2 Å². The van der Waals surface area contributed by atoms with Gasteiger partial charge in [-0.2, -0.15) is 0 Å². The van der Waals surface area contributed by atoms with Crippen LogP contribution >= 0.6 is 46.9 Å². The number of hydrogen-bond donors (Lipinski definition) is 2. The summed E-state index contributed by atoms with van der Waals surface area (Å²) in [6.07, 6.45) is 2.79. The Balaban J connectivity index is 0.00000364. The number of methoxy groups -OCH3 is 1. The predicted molar refractivity (Wildman–Crippen MR) is 126 cm³/mol. The number of hydrogen-bond acceptors (Lipinski definition) is 4. The lowest BCUT2D eigenvalue weighted by atomic mass is 10.1. The topological polar surface area (TPSA) is 58.5 Å². The molecule has 0 unspecified atom stereocenters. The molecule has 150 valence electrons. The molecule has 0 bridgehead atoms. The van der Waals surface area contributed by atoms with Gasteiger partial charge in [0.25, 0.3) is 0 Å². The van der Waals surface area contributed by atoms with E-state index in [9.17, 15) is 0 Å². The standard InChI is InChI=1S/C19H27ClN4OS.HI/c1-4-21-19(22-10-5-6-18-24-14(2)13-26-18)23-11-9-15-7-8-16(25-3)12-17(15)20;/h7-8,12-13H,4-6,9-11H2,1-3H3,(H2,21,22,23);1H. The van der Waals surface area contributed by atoms with Crippen molar-refractivity contribution in [3.05, 3.63) is 44.9 Å². The van der Waals surface area contributed by atoms with Gasteiger partial charge in [0.2, 0.25) is 0 Å². The molecule has 27 heavy (non-hydrogen) atoms. The first-order valence-corrected chi connectivity index (χ1v) is 10.1. The van der Waals surface area contributed by atoms with Gasteiger partial charge < -0.3 is 15.4 Å². The van der Waals surface area contributed by atoms with Gasteiger partial charge in [0.1, 0.15) is 5.75 Å². The van der Waals surface area contributed by atoms with E-state index in [1.807, 2.05) is 25.1 Å². The molecular formula is C19H28ClIN4OS. The fraction of sp³-hybridized carbons (Fsp3) is 0.474. The van der Waals surface area contributed by atoms with Crippen LogP contribution < -0.4 is 15.4 Å². The van der Waals surface area contributed by atoms with E-state index in [1.54, 1.807) is 18.4 Å². The summed E-state index contributed by atoms with van der Waals surface area (Å²) in [7, 11) is 1.64. The third kappa shape index (κ3) is 8.66. The van der Waals surface area contributed by atoms with E-state index < -0.39 is 0 Å². The first kappa shape index (κ1) is 24.0. The fourth-order valence-corrected chi connectivity index (χ4v) is 3.54. The number of nitrogens with zero attached hydrogens (tertiary/aromatic N) is 2. The molecule has 1 heterocycles. The van der Waals surface area contributed by atoms with Crippen molar-refractivity contribution in [2.24, 2.45) is 4.99 Å². The molecule has 0 amide bonds. The van der Waals surface area contributed by atoms with Crippen molar-refractivity contribution in [2.45, 2.75) is 33.1 Å². The second-order valence-corrected chi connectivity index (χ2v) is 7.23. The largest absolute Gasteiger partial charge is 0.497 e. The summed E-state index contributed by atoms with van der Waals surface area (Å²) in [6.45, 7) is 6.47. The zero-order valence-corrected chi connectivity index (χ0v) is 20.0. The minimum atomic E-state index is 0. The van der Waals surface area contributed by atoms with Gasteiger partial charge in [-0.3, -0.25) is 4.99 Å². The summed E-state index contributed by atoms with van der Waals surface area (Å²) in [5.41, 5.74) is 2.19. The van der Waals surface area contributed by atoms with E-state index >= 15 is 0 Å². The van der Waals surface area contributed by atoms with Crippen molar-refractivity contribution in [2.75, 3.05) is 26.7 Å². The molecule has 0 fully saturated rings. The van der Waals surface area contributed by atoms with E-state index in [0.717, 1.165) is 66.9 Å². The van der Waals surface area contributed by atoms with Crippen molar-refractivity contribution in [1.29, 1.82) is 0 Å². The monoisotopic (exact) mass is 522 g/mol. The molecular weight excluding hydrogens is 495 g/mol. The Labute approximate surface area is 188 Å². The predicted octanol–water partition coefficient (Wildman–Crippen LogP) is 4.46. The molecule has 0 aliphatic carbocycles. The number of aromatic nitrogens is 1. The van der Waals surface area contributed by atoms with Crippen LogP contribution in [0.2, 0.25) is 5.02 Å². The lowest BCUT2D eigenvalue weighted by Crippen LogP contribution is -2.38. The van der Waals surface area contributed by atoms with Gasteiger partial charge in [-0.25, -0.2) is 4.98 Å². The highest BCUT2D eigenvalue weighted by molar-refractivity contribution is 14.0. The molecule has 0 saturated heterocycles. The maximum absolute atomic E-state index is 6.29. The summed E-state index contributed by atoms with van der Waals surface area (Å²) >= 11 is 8.01. The summed E-state index contributed by atoms with van der Waals surface area (Å²) < 4.78 is 5.18. The number of aliphatic imine (C=N–C) groups is 1. The Kier molecular flexibility index (Phi) is 11.7. The number of thiazole rings is 1. The third-order valence-electron chi connectivity index (χ3n) is 3.78. The lowest BCUT2D eigenvalue weighted by molar-refractivity contribution is 0.414. The van der Waals surface area contributed by atoms with Crippen LogP contribution in [-0.4, -0.2) is 37.7 Å². The number of halogens is 2. The molecule has 1 aromatic carbocycles. The SMILES string of the molecule is CCNC(=NCCCc1nc(C)cs1)NCCc1ccc(OC)cc1Cl.I. The molecule has 2 aromatic rings. The van der Waals surface area contributed by atoms with Crippen molar-refractivity contribution < 1.29 is 4.74 Å². The molecule has 2 rings (SSSR count). The van der Waals surface area contributed by atoms with E-state index in [4.69, 9.17) is 16.3 Å². The quantitative estimate of drug-likeness (QED) is 0.221. The van der Waals surface area contributed by atoms with Gasteiger partial charge in [-0.05, 0) is 44.4 Å². The Morgan fingerprint density at radius 2 is 2.11 bits per heavy atom. The van der Waals surface area contributed by atoms with Crippen LogP contribution in [0, 0.1) is 6.92 Å². The highest BCUT2D eigenvalue weighted by atomic mass is 127. The molecule has 2 N–H and O–H groups in total. The van der Waals surface area contributed by atoms with Crippen LogP contribution in [-0.2, 0) is 12.8 Å². The third-order valence-corrected chi connectivity index (χ3v) is 5.15. The van der Waals surface area contributed by atoms with Crippen LogP contribution in [0.25, 0.3) is 0 Å². The van der Waals surface area contributed by atoms with Crippen LogP contribution in [0.1, 0.15) is 29.6 Å². The van der Waals surface area contributed by atoms with Gasteiger partial charge in [-0.1, -0.05) is 17.7 Å². The van der Waals surface area contributed by atoms with E-state index in [0.29, 0.717) is 0 Å². The van der Waals surface area contributed by atoms with Crippen LogP contribution in [0.15, 0.2) is 28.6 Å². The summed E-state index contributed by atoms with van der Waals surface area (Å²) in [5, 5.41) is 10.6. The van der Waals surface area contributed by atoms with Gasteiger partial charge in [-0.15, -0.1) is 35.3 Å². The minimum absolute atomic E-state index is 0. The highest BCUT2D eigenvalue weighted by Gasteiger charge is 2.04. The number of nitrogens with one attached hydrogen (secondary N) is 2. The zero-order valence-electron chi connectivity index (χ0n) is 16.0. The van der Waals surface area contributed by atoms with Gasteiger partial charge in [0.05, 0.1) is 12.1 Å². The zero-order chi connectivity index (χ0) is 18.8.